The summed E-state index contributed by atoms with van der Waals surface area (Å²) in [4.78, 5) is 16.7. The van der Waals surface area contributed by atoms with E-state index in [1.807, 2.05) is 0 Å². The molecule has 2 aromatic heterocycles. The van der Waals surface area contributed by atoms with E-state index in [0.29, 0.717) is 22.1 Å². The van der Waals surface area contributed by atoms with Crippen molar-refractivity contribution in [2.45, 2.75) is 26.2 Å². The van der Waals surface area contributed by atoms with Gasteiger partial charge >= 0.3 is 0 Å². The second-order valence-corrected chi connectivity index (χ2v) is 7.18. The second kappa shape index (κ2) is 6.33. The fourth-order valence-electron chi connectivity index (χ4n) is 2.37. The van der Waals surface area contributed by atoms with Crippen LogP contribution in [0.4, 0.5) is 5.69 Å². The molecule has 130 valence electrons. The molecule has 3 aromatic rings. The van der Waals surface area contributed by atoms with Crippen molar-refractivity contribution in [3.8, 4) is 5.69 Å². The van der Waals surface area contributed by atoms with Crippen LogP contribution >= 0.6 is 11.6 Å². The zero-order valence-corrected chi connectivity index (χ0v) is 15.2. The van der Waals surface area contributed by atoms with Crippen molar-refractivity contribution in [2.75, 3.05) is 5.32 Å². The van der Waals surface area contributed by atoms with E-state index in [1.165, 1.54) is 6.33 Å². The molecule has 0 saturated heterocycles. The van der Waals surface area contributed by atoms with Gasteiger partial charge in [-0.15, -0.1) is 0 Å². The minimum atomic E-state index is -0.269. The maximum Gasteiger partial charge on any atom is 0.273 e. The highest BCUT2D eigenvalue weighted by Gasteiger charge is 2.22. The highest BCUT2D eigenvalue weighted by Crippen LogP contribution is 2.26. The average Bonchev–Trinajstić information content (AvgIpc) is 3.16. The predicted octanol–water partition coefficient (Wildman–Crippen LogP) is 3.20. The first-order valence-corrected chi connectivity index (χ1v) is 8.14. The van der Waals surface area contributed by atoms with Crippen LogP contribution in [-0.2, 0) is 12.5 Å². The summed E-state index contributed by atoms with van der Waals surface area (Å²) in [6.07, 6.45) is 2.98. The maximum atomic E-state index is 12.7. The first-order chi connectivity index (χ1) is 11.8. The predicted molar refractivity (Wildman–Crippen MR) is 96.2 cm³/mol. The van der Waals surface area contributed by atoms with Crippen molar-refractivity contribution in [3.63, 3.8) is 0 Å². The topological polar surface area (TPSA) is 77.6 Å². The largest absolute Gasteiger partial charge is 0.319 e. The summed E-state index contributed by atoms with van der Waals surface area (Å²) in [5.41, 5.74) is 2.39. The van der Waals surface area contributed by atoms with Crippen LogP contribution in [0.3, 0.4) is 0 Å². The number of aryl methyl sites for hydroxylation is 1. The Morgan fingerprint density at radius 1 is 1.24 bits per heavy atom. The van der Waals surface area contributed by atoms with E-state index in [2.05, 4.69) is 41.3 Å². The zero-order chi connectivity index (χ0) is 18.2. The van der Waals surface area contributed by atoms with E-state index < -0.39 is 0 Å². The lowest BCUT2D eigenvalue weighted by molar-refractivity contribution is 0.101. The number of halogens is 1. The lowest BCUT2D eigenvalue weighted by Gasteiger charge is -2.13. The normalized spacial score (nSPS) is 11.6. The highest BCUT2D eigenvalue weighted by molar-refractivity contribution is 6.31. The lowest BCUT2D eigenvalue weighted by atomic mass is 9.92. The van der Waals surface area contributed by atoms with Crippen molar-refractivity contribution in [1.29, 1.82) is 0 Å². The number of nitrogens with one attached hydrogen (secondary N) is 1. The van der Waals surface area contributed by atoms with Crippen molar-refractivity contribution in [1.82, 2.24) is 24.5 Å². The molecule has 0 atom stereocenters. The summed E-state index contributed by atoms with van der Waals surface area (Å²) in [5.74, 6) is -0.269. The molecule has 3 rings (SSSR count). The van der Waals surface area contributed by atoms with Crippen LogP contribution < -0.4 is 5.32 Å². The van der Waals surface area contributed by atoms with Gasteiger partial charge in [-0.2, -0.15) is 10.2 Å². The summed E-state index contributed by atoms with van der Waals surface area (Å²) >= 11 is 6.09. The van der Waals surface area contributed by atoms with E-state index in [9.17, 15) is 4.79 Å². The number of hydrogen-bond donors (Lipinski definition) is 1. The summed E-state index contributed by atoms with van der Waals surface area (Å²) < 4.78 is 3.14. The summed E-state index contributed by atoms with van der Waals surface area (Å²) in [7, 11) is 1.75. The molecule has 0 fully saturated rings. The third kappa shape index (κ3) is 3.56. The Hall–Kier alpha value is -2.67. The van der Waals surface area contributed by atoms with E-state index in [1.54, 1.807) is 47.0 Å². The van der Waals surface area contributed by atoms with Crippen molar-refractivity contribution in [2.24, 2.45) is 7.05 Å². The molecule has 1 amide bonds. The fourth-order valence-corrected chi connectivity index (χ4v) is 2.55. The van der Waals surface area contributed by atoms with Gasteiger partial charge in [0.25, 0.3) is 5.91 Å². The highest BCUT2D eigenvalue weighted by atomic mass is 35.5. The Bertz CT molecular complexity index is 908. The Morgan fingerprint density at radius 3 is 2.60 bits per heavy atom. The molecule has 25 heavy (non-hydrogen) atoms. The molecule has 0 saturated carbocycles. The number of aromatic nitrogens is 5. The Balaban J connectivity index is 1.94. The van der Waals surface area contributed by atoms with E-state index in [4.69, 9.17) is 11.6 Å². The summed E-state index contributed by atoms with van der Waals surface area (Å²) in [5, 5.41) is 11.9. The van der Waals surface area contributed by atoms with Crippen LogP contribution in [-0.4, -0.2) is 30.5 Å². The second-order valence-electron chi connectivity index (χ2n) is 6.74. The summed E-state index contributed by atoms with van der Waals surface area (Å²) in [6, 6.07) is 6.99. The van der Waals surface area contributed by atoms with Gasteiger partial charge in [0.05, 0.1) is 17.1 Å². The Labute approximate surface area is 150 Å². The van der Waals surface area contributed by atoms with Gasteiger partial charge < -0.3 is 5.32 Å². The van der Waals surface area contributed by atoms with Gasteiger partial charge in [-0.25, -0.2) is 9.67 Å². The molecule has 0 spiro atoms. The molecule has 1 aromatic carbocycles. The molecule has 0 radical (unpaired) electrons. The zero-order valence-electron chi connectivity index (χ0n) is 14.5. The molecule has 8 heteroatoms. The Morgan fingerprint density at radius 2 is 2.00 bits per heavy atom. The molecule has 0 bridgehead atoms. The van der Waals surface area contributed by atoms with E-state index in [0.717, 1.165) is 5.69 Å². The first-order valence-electron chi connectivity index (χ1n) is 7.76. The summed E-state index contributed by atoms with van der Waals surface area (Å²) in [6.45, 7) is 6.16. The van der Waals surface area contributed by atoms with Gasteiger partial charge in [0.2, 0.25) is 0 Å². The fraction of sp³-hybridized carbons (Fsp3) is 0.294. The molecule has 0 unspecified atom stereocenters. The van der Waals surface area contributed by atoms with Crippen molar-refractivity contribution >= 4 is 23.2 Å². The molecule has 0 aliphatic carbocycles. The number of carbonyl (C=O) groups excluding carboxylic acids is 1. The van der Waals surface area contributed by atoms with E-state index >= 15 is 0 Å². The van der Waals surface area contributed by atoms with Crippen LogP contribution in [0, 0.1) is 0 Å². The average molecular weight is 359 g/mol. The number of carbonyl (C=O) groups is 1. The van der Waals surface area contributed by atoms with Gasteiger partial charge in [-0.05, 0) is 24.3 Å². The van der Waals surface area contributed by atoms with Crippen LogP contribution in [0.1, 0.15) is 37.0 Å². The number of benzene rings is 1. The standard InChI is InChI=1S/C17H19ClN6O/c1-17(2,3)15-8-14(23(4)22-15)16(25)21-12-7-11(18)5-6-13(12)24-10-19-9-20-24/h5-10H,1-4H3,(H,21,25). The van der Waals surface area contributed by atoms with Crippen molar-refractivity contribution < 1.29 is 4.79 Å². The molecule has 0 aliphatic rings. The van der Waals surface area contributed by atoms with Gasteiger partial charge in [-0.1, -0.05) is 32.4 Å². The van der Waals surface area contributed by atoms with Gasteiger partial charge in [-0.3, -0.25) is 9.48 Å². The number of nitrogens with zero attached hydrogens (tertiary/aromatic N) is 5. The van der Waals surface area contributed by atoms with Crippen LogP contribution in [0.5, 0.6) is 0 Å². The molecular weight excluding hydrogens is 340 g/mol. The monoisotopic (exact) mass is 358 g/mol. The van der Waals surface area contributed by atoms with Gasteiger partial charge in [0.1, 0.15) is 18.3 Å². The molecule has 7 nitrogen and oxygen atoms in total. The lowest BCUT2D eigenvalue weighted by Crippen LogP contribution is -2.17. The van der Waals surface area contributed by atoms with Crippen molar-refractivity contribution in [3.05, 3.63) is 53.3 Å². The number of rotatable bonds is 3. The quantitative estimate of drug-likeness (QED) is 0.779. The van der Waals surface area contributed by atoms with Gasteiger partial charge in [0, 0.05) is 17.5 Å². The minimum Gasteiger partial charge on any atom is -0.319 e. The van der Waals surface area contributed by atoms with E-state index in [-0.39, 0.29) is 11.3 Å². The Kier molecular flexibility index (Phi) is 4.34. The first kappa shape index (κ1) is 17.2. The smallest absolute Gasteiger partial charge is 0.273 e. The third-order valence-electron chi connectivity index (χ3n) is 3.75. The number of anilines is 1. The molecule has 1 N–H and O–H groups in total. The third-order valence-corrected chi connectivity index (χ3v) is 3.99. The molecular formula is C17H19ClN6O. The van der Waals surface area contributed by atoms with Gasteiger partial charge in [0.15, 0.2) is 0 Å². The number of hydrogen-bond acceptors (Lipinski definition) is 4. The SMILES string of the molecule is Cn1nc(C(C)(C)C)cc1C(=O)Nc1cc(Cl)ccc1-n1cncn1. The maximum absolute atomic E-state index is 12.7. The van der Waals surface area contributed by atoms with Crippen LogP contribution in [0.25, 0.3) is 5.69 Å². The number of amides is 1. The van der Waals surface area contributed by atoms with Crippen LogP contribution in [0.15, 0.2) is 36.9 Å². The minimum absolute atomic E-state index is 0.141. The molecule has 2 heterocycles. The van der Waals surface area contributed by atoms with Crippen LogP contribution in [0.2, 0.25) is 5.02 Å². The molecule has 0 aliphatic heterocycles.